The van der Waals surface area contributed by atoms with Crippen LogP contribution < -0.4 is 0 Å². The Hall–Kier alpha value is -0.610. The molecule has 0 aromatic carbocycles. The summed E-state index contributed by atoms with van der Waals surface area (Å²) in [5.41, 5.74) is 0. The van der Waals surface area contributed by atoms with Crippen LogP contribution in [0.25, 0.3) is 0 Å². The molecule has 3 heterocycles. The predicted molar refractivity (Wildman–Crippen MR) is 85.3 cm³/mol. The molecule has 3 rings (SSSR count). The number of piperidine rings is 2. The van der Waals surface area contributed by atoms with Gasteiger partial charge in [0.15, 0.2) is 0 Å². The molecule has 120 valence electrons. The molecule has 0 aromatic rings. The monoisotopic (exact) mass is 293 g/mol. The van der Waals surface area contributed by atoms with E-state index >= 15 is 0 Å². The Morgan fingerprint density at radius 3 is 2.05 bits per heavy atom. The number of rotatable bonds is 3. The van der Waals surface area contributed by atoms with Gasteiger partial charge in [-0.1, -0.05) is 6.42 Å². The zero-order valence-electron chi connectivity index (χ0n) is 13.6. The molecule has 3 fully saturated rings. The van der Waals surface area contributed by atoms with Crippen molar-refractivity contribution in [2.45, 2.75) is 64.0 Å². The molecule has 3 saturated heterocycles. The van der Waals surface area contributed by atoms with E-state index in [2.05, 4.69) is 21.6 Å². The molecule has 3 aliphatic rings. The number of carbonyl (C=O) groups excluding carboxylic acids is 1. The van der Waals surface area contributed by atoms with Crippen LogP contribution in [0.15, 0.2) is 0 Å². The maximum atomic E-state index is 12.5. The van der Waals surface area contributed by atoms with Crippen LogP contribution in [0.5, 0.6) is 0 Å². The Morgan fingerprint density at radius 1 is 0.857 bits per heavy atom. The highest BCUT2D eigenvalue weighted by atomic mass is 16.2. The van der Waals surface area contributed by atoms with Crippen molar-refractivity contribution in [2.24, 2.45) is 0 Å². The van der Waals surface area contributed by atoms with Crippen molar-refractivity contribution >= 4 is 5.91 Å². The molecule has 3 aliphatic heterocycles. The zero-order valence-corrected chi connectivity index (χ0v) is 13.6. The molecule has 0 aliphatic carbocycles. The van der Waals surface area contributed by atoms with Gasteiger partial charge in [-0.15, -0.1) is 0 Å². The topological polar surface area (TPSA) is 26.8 Å². The minimum Gasteiger partial charge on any atom is -0.341 e. The minimum atomic E-state index is 0.0883. The van der Waals surface area contributed by atoms with Gasteiger partial charge in [-0.3, -0.25) is 9.69 Å². The van der Waals surface area contributed by atoms with Gasteiger partial charge in [-0.2, -0.15) is 0 Å². The summed E-state index contributed by atoms with van der Waals surface area (Å²) < 4.78 is 0. The molecule has 4 heteroatoms. The maximum Gasteiger partial charge on any atom is 0.239 e. The Balaban J connectivity index is 1.47. The van der Waals surface area contributed by atoms with E-state index < -0.39 is 0 Å². The van der Waals surface area contributed by atoms with Crippen LogP contribution >= 0.6 is 0 Å². The number of carbonyl (C=O) groups is 1. The molecule has 1 unspecified atom stereocenters. The number of amides is 1. The fourth-order valence-electron chi connectivity index (χ4n) is 4.28. The van der Waals surface area contributed by atoms with Crippen molar-refractivity contribution in [3.8, 4) is 0 Å². The van der Waals surface area contributed by atoms with Gasteiger partial charge >= 0.3 is 0 Å². The SMILES string of the molecule is CC(C(=O)N1CCCC1)N1CCC(N2CCCCC2)CC1. The number of likely N-dealkylation sites (tertiary alicyclic amines) is 3. The molecule has 0 aromatic heterocycles. The van der Waals surface area contributed by atoms with Crippen molar-refractivity contribution < 1.29 is 4.79 Å². The van der Waals surface area contributed by atoms with Gasteiger partial charge < -0.3 is 9.80 Å². The van der Waals surface area contributed by atoms with Gasteiger partial charge in [-0.05, 0) is 58.5 Å². The fraction of sp³-hybridized carbons (Fsp3) is 0.941. The summed E-state index contributed by atoms with van der Waals surface area (Å²) in [5, 5.41) is 0. The van der Waals surface area contributed by atoms with Gasteiger partial charge in [0.2, 0.25) is 5.91 Å². The first-order valence-corrected chi connectivity index (χ1v) is 9.02. The molecular weight excluding hydrogens is 262 g/mol. The molecule has 1 amide bonds. The Kier molecular flexibility index (Phi) is 5.17. The van der Waals surface area contributed by atoms with Crippen LogP contribution in [0.3, 0.4) is 0 Å². The third-order valence-corrected chi connectivity index (χ3v) is 5.73. The molecule has 21 heavy (non-hydrogen) atoms. The van der Waals surface area contributed by atoms with Crippen LogP contribution in [-0.2, 0) is 4.79 Å². The molecular formula is C17H31N3O. The largest absolute Gasteiger partial charge is 0.341 e. The van der Waals surface area contributed by atoms with Crippen LogP contribution in [0, 0.1) is 0 Å². The first-order chi connectivity index (χ1) is 10.3. The van der Waals surface area contributed by atoms with Crippen LogP contribution in [-0.4, -0.2) is 72.0 Å². The first kappa shape index (κ1) is 15.3. The average Bonchev–Trinajstić information content (AvgIpc) is 3.09. The number of hydrogen-bond donors (Lipinski definition) is 0. The van der Waals surface area contributed by atoms with Gasteiger partial charge in [0.1, 0.15) is 0 Å². The van der Waals surface area contributed by atoms with Crippen molar-refractivity contribution in [1.82, 2.24) is 14.7 Å². The predicted octanol–water partition coefficient (Wildman–Crippen LogP) is 1.95. The average molecular weight is 293 g/mol. The highest BCUT2D eigenvalue weighted by molar-refractivity contribution is 5.81. The summed E-state index contributed by atoms with van der Waals surface area (Å²) in [5.74, 6) is 0.365. The summed E-state index contributed by atoms with van der Waals surface area (Å²) in [6, 6.07) is 0.862. The molecule has 0 N–H and O–H groups in total. The molecule has 0 spiro atoms. The lowest BCUT2D eigenvalue weighted by molar-refractivity contribution is -0.136. The van der Waals surface area contributed by atoms with E-state index in [4.69, 9.17) is 0 Å². The van der Waals surface area contributed by atoms with E-state index in [1.54, 1.807) is 0 Å². The van der Waals surface area contributed by atoms with E-state index in [1.807, 2.05) is 0 Å². The van der Waals surface area contributed by atoms with Gasteiger partial charge in [0.25, 0.3) is 0 Å². The first-order valence-electron chi connectivity index (χ1n) is 9.02. The van der Waals surface area contributed by atoms with Crippen molar-refractivity contribution in [1.29, 1.82) is 0 Å². The summed E-state index contributed by atoms with van der Waals surface area (Å²) in [4.78, 5) is 19.7. The molecule has 0 bridgehead atoms. The van der Waals surface area contributed by atoms with E-state index in [-0.39, 0.29) is 6.04 Å². The molecule has 4 nitrogen and oxygen atoms in total. The normalized spacial score (nSPS) is 28.0. The van der Waals surface area contributed by atoms with Gasteiger partial charge in [-0.25, -0.2) is 0 Å². The third kappa shape index (κ3) is 3.59. The second kappa shape index (κ2) is 7.10. The molecule has 0 radical (unpaired) electrons. The lowest BCUT2D eigenvalue weighted by atomic mass is 9.99. The van der Waals surface area contributed by atoms with E-state index in [0.717, 1.165) is 32.2 Å². The van der Waals surface area contributed by atoms with Crippen LogP contribution in [0.2, 0.25) is 0 Å². The Bertz CT molecular complexity index is 340. The van der Waals surface area contributed by atoms with Crippen LogP contribution in [0.4, 0.5) is 0 Å². The number of nitrogens with zero attached hydrogens (tertiary/aromatic N) is 3. The second-order valence-electron chi connectivity index (χ2n) is 7.07. The highest BCUT2D eigenvalue weighted by Crippen LogP contribution is 2.22. The zero-order chi connectivity index (χ0) is 14.7. The minimum absolute atomic E-state index is 0.0883. The van der Waals surface area contributed by atoms with E-state index in [9.17, 15) is 4.79 Å². The van der Waals surface area contributed by atoms with Gasteiger partial charge in [0.05, 0.1) is 6.04 Å². The smallest absolute Gasteiger partial charge is 0.239 e. The van der Waals surface area contributed by atoms with Crippen LogP contribution in [0.1, 0.15) is 51.9 Å². The van der Waals surface area contributed by atoms with Gasteiger partial charge in [0, 0.05) is 32.2 Å². The molecule has 1 atom stereocenters. The third-order valence-electron chi connectivity index (χ3n) is 5.73. The van der Waals surface area contributed by atoms with Crippen molar-refractivity contribution in [3.05, 3.63) is 0 Å². The Morgan fingerprint density at radius 2 is 1.43 bits per heavy atom. The van der Waals surface area contributed by atoms with Crippen molar-refractivity contribution in [3.63, 3.8) is 0 Å². The standard InChI is InChI=1S/C17H31N3O/c1-15(17(21)20-11-5-6-12-20)18-13-7-16(8-14-18)19-9-3-2-4-10-19/h15-16H,2-14H2,1H3. The summed E-state index contributed by atoms with van der Waals surface area (Å²) >= 11 is 0. The fourth-order valence-corrected chi connectivity index (χ4v) is 4.28. The summed E-state index contributed by atoms with van der Waals surface area (Å²) in [6.45, 7) is 8.87. The quantitative estimate of drug-likeness (QED) is 0.796. The number of hydrogen-bond acceptors (Lipinski definition) is 3. The lowest BCUT2D eigenvalue weighted by Crippen LogP contribution is -2.52. The second-order valence-corrected chi connectivity index (χ2v) is 7.07. The van der Waals surface area contributed by atoms with E-state index in [0.29, 0.717) is 5.91 Å². The van der Waals surface area contributed by atoms with E-state index in [1.165, 1.54) is 58.0 Å². The lowest BCUT2D eigenvalue weighted by Gasteiger charge is -2.42. The summed E-state index contributed by atoms with van der Waals surface area (Å²) in [7, 11) is 0. The maximum absolute atomic E-state index is 12.5. The highest BCUT2D eigenvalue weighted by Gasteiger charge is 2.32. The van der Waals surface area contributed by atoms with Crippen molar-refractivity contribution in [2.75, 3.05) is 39.3 Å². The Labute approximate surface area is 129 Å². The summed E-state index contributed by atoms with van der Waals surface area (Å²) in [6.07, 6.45) is 9.05. The molecule has 0 saturated carbocycles.